The lowest BCUT2D eigenvalue weighted by Gasteiger charge is -2.14. The Bertz CT molecular complexity index is 669. The third kappa shape index (κ3) is 3.46. The summed E-state index contributed by atoms with van der Waals surface area (Å²) in [4.78, 5) is 20.9. The monoisotopic (exact) mass is 325 g/mol. The zero-order chi connectivity index (χ0) is 15.6. The quantitative estimate of drug-likeness (QED) is 0.587. The van der Waals surface area contributed by atoms with Gasteiger partial charge in [-0.05, 0) is 49.7 Å². The number of benzene rings is 1. The second-order valence-corrected chi connectivity index (χ2v) is 7.17. The van der Waals surface area contributed by atoms with Crippen molar-refractivity contribution < 1.29 is 18.0 Å². The third-order valence-corrected chi connectivity index (χ3v) is 5.10. The number of carbonyl (C=O) groups is 1. The van der Waals surface area contributed by atoms with Gasteiger partial charge in [-0.1, -0.05) is 4.89 Å². The van der Waals surface area contributed by atoms with Crippen molar-refractivity contribution >= 4 is 21.6 Å². The maximum absolute atomic E-state index is 12.2. The van der Waals surface area contributed by atoms with E-state index in [-0.39, 0.29) is 17.2 Å². The Hall–Kier alpha value is -1.48. The van der Waals surface area contributed by atoms with Gasteiger partial charge >= 0.3 is 0 Å². The largest absolute Gasteiger partial charge is 0.326 e. The molecule has 1 saturated heterocycles. The fraction of sp³-hybridized carbons (Fsp3) is 0.500. The molecule has 0 bridgehead atoms. The van der Waals surface area contributed by atoms with Gasteiger partial charge < -0.3 is 10.2 Å². The number of sulfonamides is 1. The van der Waals surface area contributed by atoms with Crippen LogP contribution in [-0.4, -0.2) is 45.5 Å². The van der Waals surface area contributed by atoms with E-state index in [1.165, 1.54) is 25.0 Å². The molecule has 0 radical (unpaired) electrons. The van der Waals surface area contributed by atoms with Crippen LogP contribution >= 0.6 is 0 Å². The van der Waals surface area contributed by atoms with Crippen molar-refractivity contribution in [2.24, 2.45) is 0 Å². The molecule has 22 heavy (non-hydrogen) atoms. The number of hydrogen-bond acceptors (Lipinski definition) is 5. The second-order valence-electron chi connectivity index (χ2n) is 5.53. The van der Waals surface area contributed by atoms with Gasteiger partial charge in [0.05, 0.1) is 17.9 Å². The Morgan fingerprint density at radius 3 is 2.82 bits per heavy atom. The van der Waals surface area contributed by atoms with Crippen molar-refractivity contribution in [2.45, 2.75) is 24.2 Å². The lowest BCUT2D eigenvalue weighted by atomic mass is 10.2. The Kier molecular flexibility index (Phi) is 4.44. The lowest BCUT2D eigenvalue weighted by molar-refractivity contribution is -0.115. The number of anilines is 1. The molecule has 8 heteroatoms. The topological polar surface area (TPSA) is 87.7 Å². The van der Waals surface area contributed by atoms with Crippen LogP contribution in [0.15, 0.2) is 23.1 Å². The van der Waals surface area contributed by atoms with Crippen molar-refractivity contribution in [1.82, 2.24) is 9.79 Å². The summed E-state index contributed by atoms with van der Waals surface area (Å²) in [6.07, 6.45) is 2.58. The van der Waals surface area contributed by atoms with Crippen LogP contribution in [0.1, 0.15) is 18.4 Å². The van der Waals surface area contributed by atoms with Crippen LogP contribution in [0.25, 0.3) is 0 Å². The van der Waals surface area contributed by atoms with Crippen molar-refractivity contribution in [3.63, 3.8) is 0 Å². The Morgan fingerprint density at radius 2 is 2.05 bits per heavy atom. The number of hydrogen-bond donors (Lipinski definition) is 2. The van der Waals surface area contributed by atoms with E-state index in [4.69, 9.17) is 4.84 Å². The highest BCUT2D eigenvalue weighted by atomic mass is 32.2. The van der Waals surface area contributed by atoms with Gasteiger partial charge in [0.25, 0.3) is 10.0 Å². The van der Waals surface area contributed by atoms with Crippen molar-refractivity contribution in [3.05, 3.63) is 23.8 Å². The first-order chi connectivity index (χ1) is 10.5. The fourth-order valence-electron chi connectivity index (χ4n) is 2.72. The molecule has 120 valence electrons. The highest BCUT2D eigenvalue weighted by Crippen LogP contribution is 2.25. The number of rotatable bonds is 6. The number of nitrogens with zero attached hydrogens (tertiary/aromatic N) is 1. The third-order valence-electron chi connectivity index (χ3n) is 3.89. The summed E-state index contributed by atoms with van der Waals surface area (Å²) in [5.41, 5.74) is 1.35. The zero-order valence-corrected chi connectivity index (χ0v) is 13.0. The van der Waals surface area contributed by atoms with Crippen LogP contribution in [0.4, 0.5) is 5.69 Å². The van der Waals surface area contributed by atoms with E-state index in [9.17, 15) is 13.2 Å². The molecule has 3 rings (SSSR count). The maximum atomic E-state index is 12.2. The van der Waals surface area contributed by atoms with Gasteiger partial charge in [0.2, 0.25) is 5.91 Å². The summed E-state index contributed by atoms with van der Waals surface area (Å²) in [7, 11) is -3.72. The lowest BCUT2D eigenvalue weighted by Crippen LogP contribution is -2.30. The zero-order valence-electron chi connectivity index (χ0n) is 12.2. The SMILES string of the molecule is O=C1Cc2cc(S(=O)(=O)NOCCN3CCCC3)ccc2N1. The first-order valence-corrected chi connectivity index (χ1v) is 8.82. The summed E-state index contributed by atoms with van der Waals surface area (Å²) in [5, 5.41) is 2.67. The van der Waals surface area contributed by atoms with E-state index in [1.807, 2.05) is 0 Å². The average molecular weight is 325 g/mol. The summed E-state index contributed by atoms with van der Waals surface area (Å²) < 4.78 is 24.3. The second kappa shape index (κ2) is 6.33. The van der Waals surface area contributed by atoms with E-state index in [2.05, 4.69) is 15.1 Å². The number of nitrogens with one attached hydrogen (secondary N) is 2. The van der Waals surface area contributed by atoms with Crippen molar-refractivity contribution in [3.8, 4) is 0 Å². The molecule has 0 spiro atoms. The summed E-state index contributed by atoms with van der Waals surface area (Å²) in [6.45, 7) is 3.11. The van der Waals surface area contributed by atoms with E-state index < -0.39 is 10.0 Å². The molecule has 1 aromatic carbocycles. The highest BCUT2D eigenvalue weighted by Gasteiger charge is 2.22. The van der Waals surface area contributed by atoms with Gasteiger partial charge in [0, 0.05) is 12.2 Å². The maximum Gasteiger partial charge on any atom is 0.262 e. The highest BCUT2D eigenvalue weighted by molar-refractivity contribution is 7.89. The molecule has 0 aliphatic carbocycles. The van der Waals surface area contributed by atoms with Gasteiger partial charge in [-0.25, -0.2) is 8.42 Å². The number of fused-ring (bicyclic) bond motifs is 1. The molecule has 7 nitrogen and oxygen atoms in total. The minimum Gasteiger partial charge on any atom is -0.326 e. The van der Waals surface area contributed by atoms with Crippen LogP contribution in [0.2, 0.25) is 0 Å². The summed E-state index contributed by atoms with van der Waals surface area (Å²) >= 11 is 0. The molecule has 0 unspecified atom stereocenters. The summed E-state index contributed by atoms with van der Waals surface area (Å²) in [6, 6.07) is 4.55. The molecule has 0 saturated carbocycles. The molecule has 1 fully saturated rings. The van der Waals surface area contributed by atoms with Gasteiger partial charge in [0.1, 0.15) is 0 Å². The molecule has 1 amide bonds. The molecule has 0 atom stereocenters. The van der Waals surface area contributed by atoms with Crippen LogP contribution in [0.5, 0.6) is 0 Å². The number of likely N-dealkylation sites (tertiary alicyclic amines) is 1. The fourth-order valence-corrected chi connectivity index (χ4v) is 3.60. The standard InChI is InChI=1S/C14H19N3O4S/c18-14-10-11-9-12(3-4-13(11)15-14)22(19,20)16-21-8-7-17-5-1-2-6-17/h3-4,9,16H,1-2,5-8,10H2,(H,15,18). The minimum atomic E-state index is -3.72. The van der Waals surface area contributed by atoms with Gasteiger partial charge in [0.15, 0.2) is 0 Å². The Labute approximate surface area is 129 Å². The molecule has 2 aliphatic heterocycles. The predicted molar refractivity (Wildman–Crippen MR) is 80.7 cm³/mol. The first kappa shape index (κ1) is 15.4. The Balaban J connectivity index is 1.56. The minimum absolute atomic E-state index is 0.101. The van der Waals surface area contributed by atoms with Crippen molar-refractivity contribution in [2.75, 3.05) is 31.6 Å². The molecule has 2 heterocycles. The molecule has 1 aromatic rings. The average Bonchev–Trinajstić information content (AvgIpc) is 3.10. The van der Waals surface area contributed by atoms with Gasteiger partial charge in [-0.2, -0.15) is 0 Å². The predicted octanol–water partition coefficient (Wildman–Crippen LogP) is 0.487. The molecular weight excluding hydrogens is 306 g/mol. The van der Waals surface area contributed by atoms with E-state index in [0.29, 0.717) is 24.4 Å². The molecule has 2 N–H and O–H groups in total. The number of carbonyl (C=O) groups excluding carboxylic acids is 1. The molecular formula is C14H19N3O4S. The molecule has 0 aromatic heterocycles. The summed E-state index contributed by atoms with van der Waals surface area (Å²) in [5.74, 6) is -0.126. The van der Waals surface area contributed by atoms with Crippen LogP contribution in [0, 0.1) is 0 Å². The van der Waals surface area contributed by atoms with Crippen LogP contribution in [0.3, 0.4) is 0 Å². The molecule has 2 aliphatic rings. The van der Waals surface area contributed by atoms with E-state index in [0.717, 1.165) is 13.1 Å². The normalized spacial score (nSPS) is 18.5. The first-order valence-electron chi connectivity index (χ1n) is 7.33. The van der Waals surface area contributed by atoms with E-state index >= 15 is 0 Å². The van der Waals surface area contributed by atoms with Crippen LogP contribution < -0.4 is 10.2 Å². The van der Waals surface area contributed by atoms with E-state index in [1.54, 1.807) is 6.07 Å². The Morgan fingerprint density at radius 1 is 1.27 bits per heavy atom. The number of amides is 1. The van der Waals surface area contributed by atoms with Gasteiger partial charge in [-0.15, -0.1) is 0 Å². The smallest absolute Gasteiger partial charge is 0.262 e. The van der Waals surface area contributed by atoms with Crippen molar-refractivity contribution in [1.29, 1.82) is 0 Å². The van der Waals surface area contributed by atoms with Crippen LogP contribution in [-0.2, 0) is 26.1 Å². The van der Waals surface area contributed by atoms with Gasteiger partial charge in [-0.3, -0.25) is 9.63 Å².